The lowest BCUT2D eigenvalue weighted by Crippen LogP contribution is -2.13. The van der Waals surface area contributed by atoms with E-state index >= 15 is 0 Å². The van der Waals surface area contributed by atoms with Gasteiger partial charge in [0.15, 0.2) is 22.6 Å². The van der Waals surface area contributed by atoms with Crippen molar-refractivity contribution in [3.63, 3.8) is 0 Å². The molecule has 4 nitrogen and oxygen atoms in total. The first-order valence-electron chi connectivity index (χ1n) is 9.63. The van der Waals surface area contributed by atoms with Crippen LogP contribution in [-0.4, -0.2) is 24.4 Å². The van der Waals surface area contributed by atoms with Crippen LogP contribution >= 0.6 is 0 Å². The van der Waals surface area contributed by atoms with Crippen molar-refractivity contribution in [1.29, 1.82) is 0 Å². The Morgan fingerprint density at radius 2 is 1.68 bits per heavy atom. The van der Waals surface area contributed by atoms with Gasteiger partial charge in [-0.15, -0.1) is 0 Å². The minimum atomic E-state index is -1.54. The summed E-state index contributed by atoms with van der Waals surface area (Å²) in [4.78, 5) is 0.672. The molecule has 1 saturated heterocycles. The second-order valence-corrected chi connectivity index (χ2v) is 8.07. The summed E-state index contributed by atoms with van der Waals surface area (Å²) in [6, 6.07) is 6.96. The van der Waals surface area contributed by atoms with E-state index < -0.39 is 22.6 Å². The topological polar surface area (TPSA) is 50.4 Å². The molecule has 1 fully saturated rings. The van der Waals surface area contributed by atoms with Crippen LogP contribution in [0.15, 0.2) is 35.2 Å². The number of fused-ring (bicyclic) bond motifs is 1. The largest absolute Gasteiger partial charge is 0.496 e. The molecule has 1 aliphatic heterocycles. The number of hydrogen-bond donors (Lipinski definition) is 2. The van der Waals surface area contributed by atoms with Crippen molar-refractivity contribution in [2.75, 3.05) is 24.9 Å². The Balaban J connectivity index is 0.000000391. The first-order chi connectivity index (χ1) is 13.6. The summed E-state index contributed by atoms with van der Waals surface area (Å²) in [5, 5.41) is 3.22. The van der Waals surface area contributed by atoms with Gasteiger partial charge in [0.25, 0.3) is 0 Å². The molecular weight excluding hydrogens is 382 g/mol. The van der Waals surface area contributed by atoms with Crippen molar-refractivity contribution in [3.05, 3.63) is 53.1 Å². The first-order valence-corrected chi connectivity index (χ1v) is 10.8. The van der Waals surface area contributed by atoms with Gasteiger partial charge in [0.05, 0.1) is 12.0 Å². The Morgan fingerprint density at radius 1 is 0.964 bits per heavy atom. The van der Waals surface area contributed by atoms with Gasteiger partial charge in [0.1, 0.15) is 5.75 Å². The van der Waals surface area contributed by atoms with E-state index in [1.165, 1.54) is 32.0 Å². The lowest BCUT2D eigenvalue weighted by Gasteiger charge is -2.21. The zero-order valence-corrected chi connectivity index (χ0v) is 16.8. The fourth-order valence-corrected chi connectivity index (χ4v) is 4.60. The van der Waals surface area contributed by atoms with Crippen LogP contribution in [0.2, 0.25) is 0 Å². The number of methoxy groups -OCH3 is 1. The van der Waals surface area contributed by atoms with Crippen LogP contribution in [-0.2, 0) is 23.8 Å². The van der Waals surface area contributed by atoms with E-state index in [4.69, 9.17) is 4.74 Å². The number of ether oxygens (including phenoxy) is 1. The molecule has 0 radical (unpaired) electrons. The van der Waals surface area contributed by atoms with Crippen LogP contribution in [0.25, 0.3) is 0 Å². The van der Waals surface area contributed by atoms with Crippen LogP contribution in [0.4, 0.5) is 14.5 Å². The summed E-state index contributed by atoms with van der Waals surface area (Å²) in [5.41, 5.74) is 2.41. The van der Waals surface area contributed by atoms with Crippen molar-refractivity contribution in [3.8, 4) is 5.75 Å². The molecule has 0 spiro atoms. The zero-order valence-electron chi connectivity index (χ0n) is 16.0. The third-order valence-electron chi connectivity index (χ3n) is 4.96. The van der Waals surface area contributed by atoms with Gasteiger partial charge < -0.3 is 14.8 Å². The minimum Gasteiger partial charge on any atom is -0.496 e. The molecule has 152 valence electrons. The van der Waals surface area contributed by atoms with Crippen LogP contribution in [0, 0.1) is 11.6 Å². The molecule has 2 aromatic rings. The number of benzene rings is 2. The van der Waals surface area contributed by atoms with Crippen molar-refractivity contribution < 1.29 is 17.7 Å². The maximum atomic E-state index is 13.3. The predicted molar refractivity (Wildman–Crippen MR) is 108 cm³/mol. The Morgan fingerprint density at radius 3 is 2.29 bits per heavy atom. The van der Waals surface area contributed by atoms with E-state index in [0.29, 0.717) is 4.90 Å². The Kier molecular flexibility index (Phi) is 7.39. The van der Waals surface area contributed by atoms with Crippen molar-refractivity contribution in [1.82, 2.24) is 5.32 Å². The first kappa shape index (κ1) is 20.7. The van der Waals surface area contributed by atoms with Gasteiger partial charge >= 0.3 is 0 Å². The monoisotopic (exact) mass is 408 g/mol. The highest BCUT2D eigenvalue weighted by molar-refractivity contribution is 7.86. The van der Waals surface area contributed by atoms with Gasteiger partial charge in [-0.3, -0.25) is 0 Å². The fourth-order valence-electron chi connectivity index (χ4n) is 3.51. The van der Waals surface area contributed by atoms with Crippen molar-refractivity contribution >= 4 is 16.7 Å². The molecule has 1 unspecified atom stereocenters. The molecule has 1 aliphatic carbocycles. The highest BCUT2D eigenvalue weighted by Gasteiger charge is 2.21. The highest BCUT2D eigenvalue weighted by atomic mass is 32.2. The molecule has 0 aromatic heterocycles. The molecular formula is C21H26F2N2O2S. The van der Waals surface area contributed by atoms with E-state index in [2.05, 4.69) is 10.0 Å². The van der Waals surface area contributed by atoms with Gasteiger partial charge in [-0.2, -0.15) is 0 Å². The zero-order chi connectivity index (χ0) is 19.9. The summed E-state index contributed by atoms with van der Waals surface area (Å²) >= 11 is 0. The molecule has 7 heteroatoms. The molecule has 0 saturated carbocycles. The fraction of sp³-hybridized carbons (Fsp3) is 0.429. The average Bonchev–Trinajstić information content (AvgIpc) is 3.30. The number of halogens is 2. The van der Waals surface area contributed by atoms with Crippen LogP contribution in [0.5, 0.6) is 5.75 Å². The summed E-state index contributed by atoms with van der Waals surface area (Å²) in [6.07, 6.45) is 6.63. The van der Waals surface area contributed by atoms with Gasteiger partial charge in [-0.05, 0) is 87.0 Å². The maximum Gasteiger partial charge on any atom is 0.160 e. The van der Waals surface area contributed by atoms with E-state index in [1.54, 1.807) is 13.2 Å². The van der Waals surface area contributed by atoms with E-state index in [-0.39, 0.29) is 5.69 Å². The average molecular weight is 409 g/mol. The Bertz CT molecular complexity index is 834. The van der Waals surface area contributed by atoms with Crippen molar-refractivity contribution in [2.24, 2.45) is 0 Å². The molecule has 1 heterocycles. The molecule has 1 atom stereocenters. The van der Waals surface area contributed by atoms with Crippen LogP contribution in [0.3, 0.4) is 0 Å². The summed E-state index contributed by atoms with van der Waals surface area (Å²) in [6.45, 7) is 2.50. The van der Waals surface area contributed by atoms with Crippen LogP contribution < -0.4 is 14.8 Å². The maximum absolute atomic E-state index is 13.3. The van der Waals surface area contributed by atoms with E-state index in [9.17, 15) is 13.0 Å². The molecule has 0 amide bonds. The molecule has 2 aliphatic rings. The predicted octanol–water partition coefficient (Wildman–Crippen LogP) is 4.36. The minimum absolute atomic E-state index is 0.280. The second-order valence-electron chi connectivity index (χ2n) is 6.89. The molecule has 2 aromatic carbocycles. The summed E-state index contributed by atoms with van der Waals surface area (Å²) < 4.78 is 47.0. The van der Waals surface area contributed by atoms with Gasteiger partial charge in [0.2, 0.25) is 0 Å². The van der Waals surface area contributed by atoms with E-state index in [0.717, 1.165) is 54.7 Å². The Hall–Kier alpha value is -1.99. The third-order valence-corrected chi connectivity index (χ3v) is 6.16. The van der Waals surface area contributed by atoms with E-state index in [1.807, 2.05) is 6.07 Å². The number of rotatable bonds is 4. The summed E-state index contributed by atoms with van der Waals surface area (Å²) in [7, 11) is 0.0818. The van der Waals surface area contributed by atoms with Gasteiger partial charge in [-0.25, -0.2) is 13.0 Å². The molecule has 2 N–H and O–H groups in total. The number of nitrogens with one attached hydrogen (secondary N) is 2. The SMILES string of the molecule is C1CCNC1.COc1ccc(S(=O)Nc2ccc(F)c(F)c2)c2c1CCCC2. The van der Waals surface area contributed by atoms with Gasteiger partial charge in [-0.1, -0.05) is 0 Å². The molecule has 0 bridgehead atoms. The quantitative estimate of drug-likeness (QED) is 0.791. The standard InChI is InChI=1S/C17H17F2NO2S.C4H9N/c1-22-16-8-9-17(13-5-3-2-4-12(13)16)23(21)20-11-6-7-14(18)15(19)10-11;1-2-4-5-3-1/h6-10,20H,2-5H2,1H3;5H,1-4H2. The number of anilines is 1. The van der Waals surface area contributed by atoms with Crippen LogP contribution in [0.1, 0.15) is 36.8 Å². The normalized spacial score (nSPS) is 16.5. The smallest absolute Gasteiger partial charge is 0.160 e. The molecule has 28 heavy (non-hydrogen) atoms. The van der Waals surface area contributed by atoms with Crippen molar-refractivity contribution in [2.45, 2.75) is 43.4 Å². The number of hydrogen-bond acceptors (Lipinski definition) is 3. The second kappa shape index (κ2) is 9.98. The summed E-state index contributed by atoms with van der Waals surface area (Å²) in [5.74, 6) is -1.08. The highest BCUT2D eigenvalue weighted by Crippen LogP contribution is 2.34. The lowest BCUT2D eigenvalue weighted by molar-refractivity contribution is 0.405. The van der Waals surface area contributed by atoms with Gasteiger partial charge in [0, 0.05) is 11.8 Å². The third kappa shape index (κ3) is 5.08. The Labute approximate surface area is 167 Å². The molecule has 4 rings (SSSR count). The lowest BCUT2D eigenvalue weighted by atomic mass is 9.91.